The van der Waals surface area contributed by atoms with Gasteiger partial charge in [-0.15, -0.1) is 0 Å². The quantitative estimate of drug-likeness (QED) is 0.667. The third-order valence-electron chi connectivity index (χ3n) is 1.69. The van der Waals surface area contributed by atoms with Crippen LogP contribution in [-0.2, 0) is 4.79 Å². The molecule has 1 atom stereocenters. The number of carbonyl (C=O) groups excluding carboxylic acids is 1. The second kappa shape index (κ2) is 4.02. The van der Waals surface area contributed by atoms with E-state index >= 15 is 0 Å². The lowest BCUT2D eigenvalue weighted by Crippen LogP contribution is -2.27. The minimum atomic E-state index is -0.404. The van der Waals surface area contributed by atoms with Crippen molar-refractivity contribution in [2.24, 2.45) is 5.73 Å². The Kier molecular flexibility index (Phi) is 3.00. The van der Waals surface area contributed by atoms with Gasteiger partial charge in [-0.3, -0.25) is 4.79 Å². The lowest BCUT2D eigenvalue weighted by Gasteiger charge is -2.03. The summed E-state index contributed by atoms with van der Waals surface area (Å²) < 4.78 is 0. The second-order valence-electron chi connectivity index (χ2n) is 2.84. The monoisotopic (exact) mass is 163 g/mol. The van der Waals surface area contributed by atoms with Crippen LogP contribution < -0.4 is 5.73 Å². The molecule has 1 aliphatic carbocycles. The molecule has 0 saturated heterocycles. The smallest absolute Gasteiger partial charge is 0.178 e. The summed E-state index contributed by atoms with van der Waals surface area (Å²) in [6.45, 7) is 1.70. The SMILES string of the molecule is CC(N)C(=O)C1=CCC=CC=C1. The van der Waals surface area contributed by atoms with E-state index in [9.17, 15) is 4.79 Å². The van der Waals surface area contributed by atoms with Crippen LogP contribution in [0.1, 0.15) is 13.3 Å². The Morgan fingerprint density at radius 2 is 2.33 bits per heavy atom. The molecule has 64 valence electrons. The average molecular weight is 163 g/mol. The molecule has 1 rings (SSSR count). The molecule has 0 radical (unpaired) electrons. The van der Waals surface area contributed by atoms with Gasteiger partial charge in [-0.2, -0.15) is 0 Å². The van der Waals surface area contributed by atoms with Gasteiger partial charge in [0.1, 0.15) is 0 Å². The number of nitrogens with two attached hydrogens (primary N) is 1. The number of allylic oxidation sites excluding steroid dienone is 5. The van der Waals surface area contributed by atoms with E-state index < -0.39 is 6.04 Å². The normalized spacial score (nSPS) is 18.3. The first-order valence-electron chi connectivity index (χ1n) is 4.05. The van der Waals surface area contributed by atoms with E-state index in [1.54, 1.807) is 13.0 Å². The van der Waals surface area contributed by atoms with Crippen molar-refractivity contribution in [1.29, 1.82) is 0 Å². The molecule has 0 aromatic heterocycles. The van der Waals surface area contributed by atoms with Gasteiger partial charge in [-0.25, -0.2) is 0 Å². The molecule has 1 unspecified atom stereocenters. The van der Waals surface area contributed by atoms with Crippen molar-refractivity contribution in [2.75, 3.05) is 0 Å². The van der Waals surface area contributed by atoms with Gasteiger partial charge in [0.25, 0.3) is 0 Å². The molecule has 0 aliphatic heterocycles. The number of rotatable bonds is 2. The number of hydrogen-bond acceptors (Lipinski definition) is 2. The highest BCUT2D eigenvalue weighted by atomic mass is 16.1. The minimum Gasteiger partial charge on any atom is -0.321 e. The van der Waals surface area contributed by atoms with E-state index in [1.165, 1.54) is 0 Å². The maximum Gasteiger partial charge on any atom is 0.178 e. The predicted molar refractivity (Wildman–Crippen MR) is 49.6 cm³/mol. The first-order chi connectivity index (χ1) is 5.72. The Bertz CT molecular complexity index is 259. The van der Waals surface area contributed by atoms with Crippen LogP contribution in [0, 0.1) is 0 Å². The van der Waals surface area contributed by atoms with Gasteiger partial charge in [0, 0.05) is 5.57 Å². The van der Waals surface area contributed by atoms with E-state index in [-0.39, 0.29) is 5.78 Å². The zero-order valence-electron chi connectivity index (χ0n) is 7.16. The largest absolute Gasteiger partial charge is 0.321 e. The van der Waals surface area contributed by atoms with Crippen molar-refractivity contribution in [3.8, 4) is 0 Å². The fourth-order valence-corrected chi connectivity index (χ4v) is 1.03. The molecule has 0 heterocycles. The summed E-state index contributed by atoms with van der Waals surface area (Å²) in [6.07, 6.45) is 10.3. The molecule has 0 fully saturated rings. The third-order valence-corrected chi connectivity index (χ3v) is 1.69. The van der Waals surface area contributed by atoms with Gasteiger partial charge in [0.15, 0.2) is 5.78 Å². The molecule has 0 spiro atoms. The Morgan fingerprint density at radius 3 is 3.00 bits per heavy atom. The highest BCUT2D eigenvalue weighted by molar-refractivity contribution is 6.01. The lowest BCUT2D eigenvalue weighted by molar-refractivity contribution is -0.116. The topological polar surface area (TPSA) is 43.1 Å². The van der Waals surface area contributed by atoms with Crippen molar-refractivity contribution in [3.63, 3.8) is 0 Å². The van der Waals surface area contributed by atoms with Crippen LogP contribution in [0.3, 0.4) is 0 Å². The fourth-order valence-electron chi connectivity index (χ4n) is 1.03. The summed E-state index contributed by atoms with van der Waals surface area (Å²) in [5.74, 6) is 0.00921. The molecule has 0 amide bonds. The van der Waals surface area contributed by atoms with Gasteiger partial charge < -0.3 is 5.73 Å². The van der Waals surface area contributed by atoms with Crippen LogP contribution in [0.5, 0.6) is 0 Å². The van der Waals surface area contributed by atoms with Crippen LogP contribution in [-0.4, -0.2) is 11.8 Å². The number of Topliss-reactive ketones (excluding diaryl/α,β-unsaturated/α-hetero) is 1. The highest BCUT2D eigenvalue weighted by Crippen LogP contribution is 2.07. The average Bonchev–Trinajstić information content (AvgIpc) is 2.30. The van der Waals surface area contributed by atoms with Crippen molar-refractivity contribution in [1.82, 2.24) is 0 Å². The molecule has 2 N–H and O–H groups in total. The zero-order valence-corrected chi connectivity index (χ0v) is 7.16. The van der Waals surface area contributed by atoms with Crippen molar-refractivity contribution < 1.29 is 4.79 Å². The Morgan fingerprint density at radius 1 is 1.58 bits per heavy atom. The van der Waals surface area contributed by atoms with E-state index in [4.69, 9.17) is 5.73 Å². The summed E-state index contributed by atoms with van der Waals surface area (Å²) >= 11 is 0. The number of ketones is 1. The third kappa shape index (κ3) is 2.17. The van der Waals surface area contributed by atoms with Gasteiger partial charge in [0.2, 0.25) is 0 Å². The van der Waals surface area contributed by atoms with Crippen molar-refractivity contribution >= 4 is 5.78 Å². The Balaban J connectivity index is 2.75. The molecule has 0 aromatic carbocycles. The van der Waals surface area contributed by atoms with Gasteiger partial charge in [-0.05, 0) is 13.3 Å². The van der Waals surface area contributed by atoms with Crippen molar-refractivity contribution in [2.45, 2.75) is 19.4 Å². The maximum absolute atomic E-state index is 11.4. The van der Waals surface area contributed by atoms with Crippen LogP contribution in [0.15, 0.2) is 36.0 Å². The van der Waals surface area contributed by atoms with Crippen LogP contribution in [0.2, 0.25) is 0 Å². The van der Waals surface area contributed by atoms with E-state index in [0.717, 1.165) is 12.0 Å². The fraction of sp³-hybridized carbons (Fsp3) is 0.300. The summed E-state index contributed by atoms with van der Waals surface area (Å²) in [4.78, 5) is 11.4. The number of hydrogen-bond donors (Lipinski definition) is 1. The summed E-state index contributed by atoms with van der Waals surface area (Å²) in [5.41, 5.74) is 6.19. The summed E-state index contributed by atoms with van der Waals surface area (Å²) in [5, 5.41) is 0. The zero-order chi connectivity index (χ0) is 8.97. The van der Waals surface area contributed by atoms with E-state index in [0.29, 0.717) is 0 Å². The molecule has 0 aromatic rings. The molecule has 12 heavy (non-hydrogen) atoms. The molecular formula is C10H13NO. The van der Waals surface area contributed by atoms with Gasteiger partial charge in [-0.1, -0.05) is 30.4 Å². The highest BCUT2D eigenvalue weighted by Gasteiger charge is 2.10. The Labute approximate surface area is 72.5 Å². The second-order valence-corrected chi connectivity index (χ2v) is 2.84. The molecule has 0 bridgehead atoms. The van der Waals surface area contributed by atoms with Crippen LogP contribution in [0.4, 0.5) is 0 Å². The first-order valence-corrected chi connectivity index (χ1v) is 4.05. The van der Waals surface area contributed by atoms with Gasteiger partial charge in [0.05, 0.1) is 6.04 Å². The molecule has 2 nitrogen and oxygen atoms in total. The lowest BCUT2D eigenvalue weighted by atomic mass is 10.1. The van der Waals surface area contributed by atoms with Gasteiger partial charge >= 0.3 is 0 Å². The maximum atomic E-state index is 11.4. The van der Waals surface area contributed by atoms with E-state index in [1.807, 2.05) is 24.3 Å². The number of carbonyl (C=O) groups is 1. The minimum absolute atomic E-state index is 0.00921. The Hall–Kier alpha value is -1.15. The van der Waals surface area contributed by atoms with Crippen LogP contribution in [0.25, 0.3) is 0 Å². The molecule has 2 heteroatoms. The van der Waals surface area contributed by atoms with Crippen LogP contribution >= 0.6 is 0 Å². The van der Waals surface area contributed by atoms with Crippen molar-refractivity contribution in [3.05, 3.63) is 36.0 Å². The molecule has 1 aliphatic rings. The molecular weight excluding hydrogens is 150 g/mol. The standard InChI is InChI=1S/C10H13NO/c1-8(11)10(12)9-6-4-2-3-5-7-9/h2-4,6-8H,5,11H2,1H3. The summed E-state index contributed by atoms with van der Waals surface area (Å²) in [7, 11) is 0. The molecule has 0 saturated carbocycles. The van der Waals surface area contributed by atoms with E-state index in [2.05, 4.69) is 0 Å². The first kappa shape index (κ1) is 8.94. The summed E-state index contributed by atoms with van der Waals surface area (Å²) in [6, 6.07) is -0.404. The predicted octanol–water partition coefficient (Wildman–Crippen LogP) is 1.35.